The van der Waals surface area contributed by atoms with E-state index in [1.54, 1.807) is 44.4 Å². The number of nitriles is 1. The first-order chi connectivity index (χ1) is 11.5. The predicted molar refractivity (Wildman–Crippen MR) is 87.1 cm³/mol. The van der Waals surface area contributed by atoms with Crippen molar-refractivity contribution in [1.29, 1.82) is 5.26 Å². The second kappa shape index (κ2) is 7.29. The van der Waals surface area contributed by atoms with Gasteiger partial charge in [-0.25, -0.2) is 4.79 Å². The normalized spacial score (nSPS) is 9.75. The molecule has 0 spiro atoms. The van der Waals surface area contributed by atoms with Gasteiger partial charge in [-0.2, -0.15) is 5.26 Å². The number of hydrogen-bond donors (Lipinski definition) is 0. The van der Waals surface area contributed by atoms with Crippen molar-refractivity contribution >= 4 is 11.9 Å². The molecule has 0 aliphatic rings. The molecule has 0 bridgehead atoms. The van der Waals surface area contributed by atoms with E-state index in [1.807, 2.05) is 6.07 Å². The van der Waals surface area contributed by atoms with Crippen LogP contribution < -0.4 is 9.47 Å². The maximum absolute atomic E-state index is 12.4. The fourth-order valence-electron chi connectivity index (χ4n) is 2.06. The van der Waals surface area contributed by atoms with Crippen molar-refractivity contribution in [2.24, 2.45) is 0 Å². The van der Waals surface area contributed by atoms with Crippen LogP contribution in [0.15, 0.2) is 42.5 Å². The highest BCUT2D eigenvalue weighted by molar-refractivity contribution is 6.00. The summed E-state index contributed by atoms with van der Waals surface area (Å²) in [7, 11) is 4.63. The zero-order valence-corrected chi connectivity index (χ0v) is 13.6. The smallest absolute Gasteiger partial charge is 0.343 e. The molecule has 6 nitrogen and oxygen atoms in total. The van der Waals surface area contributed by atoms with E-state index in [0.29, 0.717) is 5.56 Å². The van der Waals surface area contributed by atoms with Gasteiger partial charge in [0.05, 0.1) is 29.9 Å². The number of ether oxygens (including phenoxy) is 2. The third kappa shape index (κ3) is 3.52. The maximum Gasteiger partial charge on any atom is 0.343 e. The van der Waals surface area contributed by atoms with Gasteiger partial charge in [-0.05, 0) is 30.3 Å². The first-order valence-corrected chi connectivity index (χ1v) is 7.09. The molecule has 0 fully saturated rings. The SMILES string of the molecule is COc1cccc(C(=O)N(C)C)c1OC(=O)c1cccc(C#N)c1. The molecule has 0 saturated carbocycles. The Labute approximate surface area is 139 Å². The molecule has 0 saturated heterocycles. The number of methoxy groups -OCH3 is 1. The molecule has 2 aromatic carbocycles. The third-order valence-corrected chi connectivity index (χ3v) is 3.26. The molecular weight excluding hydrogens is 308 g/mol. The molecule has 0 N–H and O–H groups in total. The highest BCUT2D eigenvalue weighted by Gasteiger charge is 2.21. The molecule has 0 aromatic heterocycles. The molecule has 0 atom stereocenters. The molecule has 0 aliphatic heterocycles. The summed E-state index contributed by atoms with van der Waals surface area (Å²) in [5.74, 6) is -0.676. The number of nitrogens with zero attached hydrogens (tertiary/aromatic N) is 2. The van der Waals surface area contributed by atoms with Gasteiger partial charge in [-0.3, -0.25) is 4.79 Å². The van der Waals surface area contributed by atoms with Crippen molar-refractivity contribution in [3.05, 3.63) is 59.2 Å². The second-order valence-corrected chi connectivity index (χ2v) is 5.12. The minimum atomic E-state index is -0.676. The van der Waals surface area contributed by atoms with Gasteiger partial charge in [-0.1, -0.05) is 12.1 Å². The first kappa shape index (κ1) is 17.0. The molecule has 122 valence electrons. The zero-order valence-electron chi connectivity index (χ0n) is 13.6. The standard InChI is InChI=1S/C18H16N2O4/c1-20(2)17(21)14-8-5-9-15(23-3)16(14)24-18(22)13-7-4-6-12(10-13)11-19/h4-10H,1-3H3. The largest absolute Gasteiger partial charge is 0.493 e. The maximum atomic E-state index is 12.4. The number of carbonyl (C=O) groups excluding carboxylic acids is 2. The van der Waals surface area contributed by atoms with Gasteiger partial charge >= 0.3 is 5.97 Å². The average Bonchev–Trinajstić information content (AvgIpc) is 2.61. The lowest BCUT2D eigenvalue weighted by molar-refractivity contribution is 0.0722. The van der Waals surface area contributed by atoms with Crippen molar-refractivity contribution in [3.63, 3.8) is 0 Å². The van der Waals surface area contributed by atoms with Crippen LogP contribution in [0.5, 0.6) is 11.5 Å². The number of amides is 1. The van der Waals surface area contributed by atoms with Crippen molar-refractivity contribution in [2.45, 2.75) is 0 Å². The van der Waals surface area contributed by atoms with E-state index in [0.717, 1.165) is 0 Å². The molecule has 2 rings (SSSR count). The Hall–Kier alpha value is -3.33. The van der Waals surface area contributed by atoms with Crippen LogP contribution in [0.2, 0.25) is 0 Å². The molecule has 24 heavy (non-hydrogen) atoms. The van der Waals surface area contributed by atoms with Crippen LogP contribution in [0.3, 0.4) is 0 Å². The lowest BCUT2D eigenvalue weighted by Crippen LogP contribution is -2.23. The van der Waals surface area contributed by atoms with Gasteiger partial charge in [0, 0.05) is 14.1 Å². The number of rotatable bonds is 4. The quantitative estimate of drug-likeness (QED) is 0.637. The van der Waals surface area contributed by atoms with E-state index < -0.39 is 5.97 Å². The number of esters is 1. The van der Waals surface area contributed by atoms with Crippen molar-refractivity contribution in [2.75, 3.05) is 21.2 Å². The number of benzene rings is 2. The van der Waals surface area contributed by atoms with E-state index >= 15 is 0 Å². The Kier molecular flexibility index (Phi) is 5.17. The molecule has 0 unspecified atom stereocenters. The predicted octanol–water partition coefficient (Wildman–Crippen LogP) is 2.49. The summed E-state index contributed by atoms with van der Waals surface area (Å²) >= 11 is 0. The molecular formula is C18H16N2O4. The molecule has 0 heterocycles. The van der Waals surface area contributed by atoms with Crippen molar-refractivity contribution in [3.8, 4) is 17.6 Å². The number of carbonyl (C=O) groups is 2. The van der Waals surface area contributed by atoms with Gasteiger partial charge in [0.2, 0.25) is 0 Å². The monoisotopic (exact) mass is 324 g/mol. The third-order valence-electron chi connectivity index (χ3n) is 3.26. The van der Waals surface area contributed by atoms with Gasteiger partial charge in [0.1, 0.15) is 0 Å². The van der Waals surface area contributed by atoms with Gasteiger partial charge in [0.25, 0.3) is 5.91 Å². The van der Waals surface area contributed by atoms with Crippen LogP contribution in [0.25, 0.3) is 0 Å². The Bertz CT molecular complexity index is 822. The highest BCUT2D eigenvalue weighted by atomic mass is 16.6. The molecule has 1 amide bonds. The lowest BCUT2D eigenvalue weighted by atomic mass is 10.1. The van der Waals surface area contributed by atoms with Crippen molar-refractivity contribution < 1.29 is 19.1 Å². The summed E-state index contributed by atoms with van der Waals surface area (Å²) in [5, 5.41) is 8.92. The van der Waals surface area contributed by atoms with E-state index in [1.165, 1.54) is 24.1 Å². The van der Waals surface area contributed by atoms with E-state index in [-0.39, 0.29) is 28.5 Å². The summed E-state index contributed by atoms with van der Waals surface area (Å²) in [6.07, 6.45) is 0. The number of hydrogen-bond acceptors (Lipinski definition) is 5. The van der Waals surface area contributed by atoms with Crippen LogP contribution in [-0.4, -0.2) is 38.0 Å². The summed E-state index contributed by atoms with van der Waals surface area (Å²) in [4.78, 5) is 26.0. The Balaban J connectivity index is 2.42. The van der Waals surface area contributed by atoms with E-state index in [4.69, 9.17) is 14.7 Å². The molecule has 0 aliphatic carbocycles. The summed E-state index contributed by atoms with van der Waals surface area (Å²) in [6.45, 7) is 0. The fraction of sp³-hybridized carbons (Fsp3) is 0.167. The minimum absolute atomic E-state index is 0.0473. The van der Waals surface area contributed by atoms with Gasteiger partial charge < -0.3 is 14.4 Å². The summed E-state index contributed by atoms with van der Waals surface area (Å²) < 4.78 is 10.6. The second-order valence-electron chi connectivity index (χ2n) is 5.12. The Morgan fingerprint density at radius 1 is 1.12 bits per heavy atom. The van der Waals surface area contributed by atoms with Crippen molar-refractivity contribution in [1.82, 2.24) is 4.90 Å². The van der Waals surface area contributed by atoms with Crippen LogP contribution in [0.4, 0.5) is 0 Å². The lowest BCUT2D eigenvalue weighted by Gasteiger charge is -2.16. The zero-order chi connectivity index (χ0) is 17.7. The Morgan fingerprint density at radius 2 is 1.83 bits per heavy atom. The van der Waals surface area contributed by atoms with Crippen LogP contribution in [-0.2, 0) is 0 Å². The molecule has 0 radical (unpaired) electrons. The van der Waals surface area contributed by atoms with Gasteiger partial charge in [-0.15, -0.1) is 0 Å². The van der Waals surface area contributed by atoms with Crippen LogP contribution in [0, 0.1) is 11.3 Å². The van der Waals surface area contributed by atoms with Crippen LogP contribution >= 0.6 is 0 Å². The first-order valence-electron chi connectivity index (χ1n) is 7.09. The Morgan fingerprint density at radius 3 is 2.46 bits per heavy atom. The fourth-order valence-corrected chi connectivity index (χ4v) is 2.06. The topological polar surface area (TPSA) is 79.6 Å². The van der Waals surface area contributed by atoms with E-state index in [2.05, 4.69) is 0 Å². The summed E-state index contributed by atoms with van der Waals surface area (Å²) in [5.41, 5.74) is 0.765. The van der Waals surface area contributed by atoms with Crippen LogP contribution in [0.1, 0.15) is 26.3 Å². The molecule has 2 aromatic rings. The van der Waals surface area contributed by atoms with Gasteiger partial charge in [0.15, 0.2) is 11.5 Å². The highest BCUT2D eigenvalue weighted by Crippen LogP contribution is 2.32. The van der Waals surface area contributed by atoms with E-state index in [9.17, 15) is 9.59 Å². The minimum Gasteiger partial charge on any atom is -0.493 e. The number of para-hydroxylation sites is 1. The summed E-state index contributed by atoms with van der Waals surface area (Å²) in [6, 6.07) is 12.9. The molecule has 6 heteroatoms. The average molecular weight is 324 g/mol.